The molecule has 2 aromatic rings. The van der Waals surface area contributed by atoms with E-state index in [9.17, 15) is 5.11 Å². The SMILES string of the molecule is CN=C(NCc1cc(OC)ccc1O)NCc1ccc(C)cc1OC(C)(C)C.I. The second-order valence-corrected chi connectivity index (χ2v) is 7.60. The molecule has 0 aromatic heterocycles. The number of guanidine groups is 1. The average Bonchev–Trinajstić information content (AvgIpc) is 2.63. The predicted molar refractivity (Wildman–Crippen MR) is 129 cm³/mol. The lowest BCUT2D eigenvalue weighted by Gasteiger charge is -2.24. The highest BCUT2D eigenvalue weighted by Crippen LogP contribution is 2.25. The molecule has 0 radical (unpaired) electrons. The zero-order chi connectivity index (χ0) is 20.7. The van der Waals surface area contributed by atoms with E-state index < -0.39 is 0 Å². The summed E-state index contributed by atoms with van der Waals surface area (Å²) in [7, 11) is 3.31. The fourth-order valence-electron chi connectivity index (χ4n) is 2.64. The first-order chi connectivity index (χ1) is 13.2. The lowest BCUT2D eigenvalue weighted by atomic mass is 10.1. The number of aryl methyl sites for hydroxylation is 1. The monoisotopic (exact) mass is 513 g/mol. The van der Waals surface area contributed by atoms with Gasteiger partial charge in [-0.1, -0.05) is 12.1 Å². The summed E-state index contributed by atoms with van der Waals surface area (Å²) >= 11 is 0. The van der Waals surface area contributed by atoms with E-state index in [1.165, 1.54) is 0 Å². The van der Waals surface area contributed by atoms with Gasteiger partial charge in [0.2, 0.25) is 0 Å². The Kier molecular flexibility index (Phi) is 9.55. The van der Waals surface area contributed by atoms with Crippen LogP contribution in [0.15, 0.2) is 41.4 Å². The topological polar surface area (TPSA) is 75.1 Å². The molecular formula is C22H32IN3O3. The lowest BCUT2D eigenvalue weighted by molar-refractivity contribution is 0.129. The van der Waals surface area contributed by atoms with Crippen molar-refractivity contribution >= 4 is 29.9 Å². The molecule has 0 heterocycles. The molecule has 6 nitrogen and oxygen atoms in total. The van der Waals surface area contributed by atoms with Gasteiger partial charge in [-0.15, -0.1) is 24.0 Å². The normalized spacial score (nSPS) is 11.4. The number of nitrogens with one attached hydrogen (secondary N) is 2. The summed E-state index contributed by atoms with van der Waals surface area (Å²) in [6.45, 7) is 9.14. The molecule has 0 bridgehead atoms. The minimum atomic E-state index is -0.271. The van der Waals surface area contributed by atoms with Gasteiger partial charge in [0.05, 0.1) is 7.11 Å². The molecule has 3 N–H and O–H groups in total. The maximum Gasteiger partial charge on any atom is 0.191 e. The van der Waals surface area contributed by atoms with E-state index in [4.69, 9.17) is 9.47 Å². The number of aliphatic imine (C=N–C) groups is 1. The van der Waals surface area contributed by atoms with Crippen molar-refractivity contribution in [2.75, 3.05) is 14.2 Å². The molecule has 7 heteroatoms. The Labute approximate surface area is 190 Å². The van der Waals surface area contributed by atoms with Gasteiger partial charge >= 0.3 is 0 Å². The van der Waals surface area contributed by atoms with E-state index in [0.29, 0.717) is 24.8 Å². The quantitative estimate of drug-likeness (QED) is 0.304. The Balaban J connectivity index is 0.00000420. The molecule has 2 rings (SSSR count). The number of phenols is 1. The predicted octanol–water partition coefficient (Wildman–Crippen LogP) is 4.37. The van der Waals surface area contributed by atoms with Crippen molar-refractivity contribution in [2.45, 2.75) is 46.4 Å². The van der Waals surface area contributed by atoms with Crippen LogP contribution in [0.1, 0.15) is 37.5 Å². The van der Waals surface area contributed by atoms with Gasteiger partial charge in [-0.2, -0.15) is 0 Å². The molecule has 0 aliphatic rings. The van der Waals surface area contributed by atoms with Gasteiger partial charge < -0.3 is 25.2 Å². The minimum absolute atomic E-state index is 0. The molecule has 0 unspecified atom stereocenters. The van der Waals surface area contributed by atoms with Crippen LogP contribution in [0.25, 0.3) is 0 Å². The summed E-state index contributed by atoms with van der Waals surface area (Å²) in [5.74, 6) is 2.40. The van der Waals surface area contributed by atoms with Crippen LogP contribution in [-0.4, -0.2) is 30.8 Å². The third-order valence-electron chi connectivity index (χ3n) is 4.04. The average molecular weight is 513 g/mol. The Morgan fingerprint density at radius 3 is 2.28 bits per heavy atom. The van der Waals surface area contributed by atoms with Crippen molar-refractivity contribution in [3.8, 4) is 17.2 Å². The molecule has 0 saturated heterocycles. The molecule has 0 saturated carbocycles. The number of phenolic OH excluding ortho intramolecular Hbond substituents is 1. The van der Waals surface area contributed by atoms with Gasteiger partial charge in [-0.25, -0.2) is 0 Å². The fraction of sp³-hybridized carbons (Fsp3) is 0.409. The van der Waals surface area contributed by atoms with Crippen LogP contribution in [0, 0.1) is 6.92 Å². The second kappa shape index (κ2) is 11.1. The van der Waals surface area contributed by atoms with Gasteiger partial charge in [-0.3, -0.25) is 4.99 Å². The summed E-state index contributed by atoms with van der Waals surface area (Å²) < 4.78 is 11.3. The highest BCUT2D eigenvalue weighted by molar-refractivity contribution is 14.0. The first-order valence-corrected chi connectivity index (χ1v) is 9.31. The Morgan fingerprint density at radius 2 is 1.69 bits per heavy atom. The number of rotatable bonds is 6. The van der Waals surface area contributed by atoms with Gasteiger partial charge in [0.1, 0.15) is 22.8 Å². The zero-order valence-electron chi connectivity index (χ0n) is 18.0. The number of halogens is 1. The van der Waals surface area contributed by atoms with Crippen molar-refractivity contribution in [2.24, 2.45) is 4.99 Å². The molecular weight excluding hydrogens is 481 g/mol. The Bertz CT molecular complexity index is 833. The van der Waals surface area contributed by atoms with Crippen LogP contribution in [0.3, 0.4) is 0 Å². The van der Waals surface area contributed by atoms with E-state index in [-0.39, 0.29) is 35.3 Å². The van der Waals surface area contributed by atoms with Crippen molar-refractivity contribution < 1.29 is 14.6 Å². The van der Waals surface area contributed by atoms with Crippen LogP contribution in [-0.2, 0) is 13.1 Å². The van der Waals surface area contributed by atoms with Crippen LogP contribution in [0.2, 0.25) is 0 Å². The third-order valence-corrected chi connectivity index (χ3v) is 4.04. The molecule has 0 fully saturated rings. The number of hydrogen-bond acceptors (Lipinski definition) is 4. The van der Waals surface area contributed by atoms with Crippen molar-refractivity contribution in [1.29, 1.82) is 0 Å². The summed E-state index contributed by atoms with van der Waals surface area (Å²) in [5.41, 5.74) is 2.66. The maximum absolute atomic E-state index is 10.0. The summed E-state index contributed by atoms with van der Waals surface area (Å²) in [6.07, 6.45) is 0. The van der Waals surface area contributed by atoms with Crippen molar-refractivity contribution in [3.63, 3.8) is 0 Å². The van der Waals surface area contributed by atoms with E-state index in [1.54, 1.807) is 32.4 Å². The highest BCUT2D eigenvalue weighted by Gasteiger charge is 2.15. The molecule has 0 amide bonds. The molecule has 0 atom stereocenters. The van der Waals surface area contributed by atoms with Crippen LogP contribution < -0.4 is 20.1 Å². The van der Waals surface area contributed by atoms with E-state index in [2.05, 4.69) is 27.8 Å². The first kappa shape index (κ1) is 24.9. The van der Waals surface area contributed by atoms with Gasteiger partial charge in [-0.05, 0) is 57.5 Å². The van der Waals surface area contributed by atoms with Gasteiger partial charge in [0, 0.05) is 31.3 Å². The Morgan fingerprint density at radius 1 is 1.03 bits per heavy atom. The molecule has 160 valence electrons. The maximum atomic E-state index is 10.0. The molecule has 0 aliphatic heterocycles. The van der Waals surface area contributed by atoms with Crippen molar-refractivity contribution in [1.82, 2.24) is 10.6 Å². The zero-order valence-corrected chi connectivity index (χ0v) is 20.3. The van der Waals surface area contributed by atoms with E-state index in [1.807, 2.05) is 33.8 Å². The number of nitrogens with zero attached hydrogens (tertiary/aromatic N) is 1. The standard InChI is InChI=1S/C22H31N3O3.HI/c1-15-7-8-16(20(11-15)28-22(2,3)4)13-24-21(23-5)25-14-17-12-18(27-6)9-10-19(17)26;/h7-12,26H,13-14H2,1-6H3,(H2,23,24,25);1H. The Hall–Kier alpha value is -2.16. The van der Waals surface area contributed by atoms with Gasteiger partial charge in [0.25, 0.3) is 0 Å². The summed E-state index contributed by atoms with van der Waals surface area (Å²) in [5, 5.41) is 16.5. The van der Waals surface area contributed by atoms with E-state index >= 15 is 0 Å². The first-order valence-electron chi connectivity index (χ1n) is 9.31. The number of hydrogen-bond donors (Lipinski definition) is 3. The lowest BCUT2D eigenvalue weighted by Crippen LogP contribution is -2.36. The summed E-state index contributed by atoms with van der Waals surface area (Å²) in [4.78, 5) is 4.25. The largest absolute Gasteiger partial charge is 0.508 e. The van der Waals surface area contributed by atoms with Crippen LogP contribution in [0.4, 0.5) is 0 Å². The van der Waals surface area contributed by atoms with Crippen LogP contribution >= 0.6 is 24.0 Å². The number of benzene rings is 2. The highest BCUT2D eigenvalue weighted by atomic mass is 127. The fourth-order valence-corrected chi connectivity index (χ4v) is 2.64. The minimum Gasteiger partial charge on any atom is -0.508 e. The molecule has 2 aromatic carbocycles. The number of aromatic hydroxyl groups is 1. The van der Waals surface area contributed by atoms with Gasteiger partial charge in [0.15, 0.2) is 5.96 Å². The molecule has 29 heavy (non-hydrogen) atoms. The van der Waals surface area contributed by atoms with Crippen molar-refractivity contribution in [3.05, 3.63) is 53.1 Å². The molecule has 0 aliphatic carbocycles. The second-order valence-electron chi connectivity index (χ2n) is 7.60. The third kappa shape index (κ3) is 8.00. The summed E-state index contributed by atoms with van der Waals surface area (Å²) in [6, 6.07) is 11.3. The number of methoxy groups -OCH3 is 1. The number of ether oxygens (including phenoxy) is 2. The van der Waals surface area contributed by atoms with Crippen LogP contribution in [0.5, 0.6) is 17.2 Å². The van der Waals surface area contributed by atoms with E-state index in [0.717, 1.165) is 22.4 Å². The molecule has 0 spiro atoms. The smallest absolute Gasteiger partial charge is 0.191 e.